The molecule has 6 nitrogen and oxygen atoms in total. The fourth-order valence-corrected chi connectivity index (χ4v) is 6.34. The Bertz CT molecular complexity index is 916. The van der Waals surface area contributed by atoms with Crippen molar-refractivity contribution >= 4 is 28.9 Å². The van der Waals surface area contributed by atoms with Gasteiger partial charge in [-0.1, -0.05) is 32.4 Å². The van der Waals surface area contributed by atoms with Crippen LogP contribution in [0, 0.1) is 5.92 Å². The third-order valence-corrected chi connectivity index (χ3v) is 8.95. The van der Waals surface area contributed by atoms with E-state index in [-0.39, 0.29) is 40.4 Å². The highest BCUT2D eigenvalue weighted by Gasteiger charge is 2.38. The lowest BCUT2D eigenvalue weighted by molar-refractivity contribution is -0.123. The number of ether oxygens (including phenoxy) is 2. The van der Waals surface area contributed by atoms with Crippen LogP contribution >= 0.6 is 11.3 Å². The molecule has 188 valence electrons. The molecule has 1 amide bonds. The highest BCUT2D eigenvalue weighted by Crippen LogP contribution is 2.41. The molecule has 1 unspecified atom stereocenters. The van der Waals surface area contributed by atoms with Gasteiger partial charge in [-0.3, -0.25) is 4.79 Å². The lowest BCUT2D eigenvalue weighted by Crippen LogP contribution is -2.47. The molecule has 2 fully saturated rings. The average molecular weight is 490 g/mol. The second-order valence-electron chi connectivity index (χ2n) is 11.2. The van der Waals surface area contributed by atoms with E-state index in [9.17, 15) is 14.7 Å². The number of thiophene rings is 1. The Morgan fingerprint density at radius 3 is 2.41 bits per heavy atom. The van der Waals surface area contributed by atoms with E-state index in [1.54, 1.807) is 0 Å². The number of hydrogen-bond acceptors (Lipinski definition) is 5. The molecule has 0 spiro atoms. The van der Waals surface area contributed by atoms with Crippen LogP contribution in [0.1, 0.15) is 93.6 Å². The van der Waals surface area contributed by atoms with Gasteiger partial charge in [-0.2, -0.15) is 0 Å². The minimum absolute atomic E-state index is 0.000278. The van der Waals surface area contributed by atoms with E-state index in [2.05, 4.69) is 33.8 Å². The Morgan fingerprint density at radius 1 is 1.12 bits per heavy atom. The van der Waals surface area contributed by atoms with Crippen LogP contribution in [0.3, 0.4) is 0 Å². The van der Waals surface area contributed by atoms with Crippen LogP contribution < -0.4 is 4.90 Å². The molecule has 4 rings (SSSR count). The van der Waals surface area contributed by atoms with Gasteiger partial charge >= 0.3 is 5.97 Å². The van der Waals surface area contributed by atoms with Crippen molar-refractivity contribution < 1.29 is 24.2 Å². The molecule has 1 saturated heterocycles. The molecule has 34 heavy (non-hydrogen) atoms. The molecule has 7 heteroatoms. The zero-order valence-corrected chi connectivity index (χ0v) is 21.8. The molecule has 2 atom stereocenters. The summed E-state index contributed by atoms with van der Waals surface area (Å²) in [6.07, 6.45) is 9.40. The van der Waals surface area contributed by atoms with Crippen molar-refractivity contribution in [2.24, 2.45) is 5.92 Å². The predicted molar refractivity (Wildman–Crippen MR) is 135 cm³/mol. The molecule has 0 radical (unpaired) electrons. The third-order valence-electron chi connectivity index (χ3n) is 7.41. The molecule has 0 bridgehead atoms. The average Bonchev–Trinajstić information content (AvgIpc) is 3.46. The number of anilines is 1. The Labute approximate surface area is 207 Å². The highest BCUT2D eigenvalue weighted by atomic mass is 32.1. The zero-order chi connectivity index (χ0) is 24.5. The Morgan fingerprint density at radius 2 is 1.85 bits per heavy atom. The first-order chi connectivity index (χ1) is 16.1. The van der Waals surface area contributed by atoms with E-state index < -0.39 is 5.97 Å². The normalized spacial score (nSPS) is 27.9. The van der Waals surface area contributed by atoms with Crippen molar-refractivity contribution in [1.29, 1.82) is 0 Å². The number of nitrogens with zero attached hydrogens (tertiary/aromatic N) is 1. The van der Waals surface area contributed by atoms with E-state index >= 15 is 0 Å². The number of amides is 1. The van der Waals surface area contributed by atoms with Crippen molar-refractivity contribution in [3.63, 3.8) is 0 Å². The first kappa shape index (κ1) is 25.4. The number of carbonyl (C=O) groups is 2. The van der Waals surface area contributed by atoms with Crippen LogP contribution in [0.5, 0.6) is 0 Å². The van der Waals surface area contributed by atoms with Gasteiger partial charge in [0, 0.05) is 23.4 Å². The monoisotopic (exact) mass is 489 g/mol. The van der Waals surface area contributed by atoms with Crippen LogP contribution in [0.2, 0.25) is 0 Å². The summed E-state index contributed by atoms with van der Waals surface area (Å²) < 4.78 is 11.7. The number of rotatable bonds is 6. The number of carboxylic acids is 1. The summed E-state index contributed by atoms with van der Waals surface area (Å²) in [7, 11) is 0. The van der Waals surface area contributed by atoms with Gasteiger partial charge < -0.3 is 19.5 Å². The molecule has 1 N–H and O–H groups in total. The minimum atomic E-state index is -0.953. The quantitative estimate of drug-likeness (QED) is 0.501. The van der Waals surface area contributed by atoms with E-state index in [0.29, 0.717) is 12.3 Å². The molecule has 1 aliphatic heterocycles. The largest absolute Gasteiger partial charge is 0.477 e. The lowest BCUT2D eigenvalue weighted by Gasteiger charge is -2.39. The van der Waals surface area contributed by atoms with Crippen molar-refractivity contribution in [1.82, 2.24) is 0 Å². The highest BCUT2D eigenvalue weighted by molar-refractivity contribution is 7.14. The van der Waals surface area contributed by atoms with Crippen molar-refractivity contribution in [3.8, 4) is 0 Å². The third kappa shape index (κ3) is 5.74. The molecule has 1 aromatic heterocycles. The summed E-state index contributed by atoms with van der Waals surface area (Å²) in [6.45, 7) is 9.82. The summed E-state index contributed by atoms with van der Waals surface area (Å²) >= 11 is 1.31. The number of carboxylic acid groups (broad SMARTS) is 1. The SMILES string of the molecule is CC1=CC[C@@H](C(=O)N(c2cc(C(C)(C)C)sc2C(=O)O)[C@H]2CC[C@H](OC3CCOC3)CC2)CC1. The van der Waals surface area contributed by atoms with Crippen LogP contribution in [-0.4, -0.2) is 48.4 Å². The number of carbonyl (C=O) groups excluding carboxylic acids is 1. The second-order valence-corrected chi connectivity index (χ2v) is 12.2. The van der Waals surface area contributed by atoms with Crippen LogP contribution in [0.4, 0.5) is 5.69 Å². The van der Waals surface area contributed by atoms with Gasteiger partial charge in [-0.05, 0) is 69.8 Å². The van der Waals surface area contributed by atoms with Crippen LogP contribution in [0.15, 0.2) is 17.7 Å². The van der Waals surface area contributed by atoms with Crippen molar-refractivity contribution in [2.75, 3.05) is 18.1 Å². The van der Waals surface area contributed by atoms with E-state index in [0.717, 1.165) is 62.9 Å². The van der Waals surface area contributed by atoms with E-state index in [4.69, 9.17) is 9.47 Å². The second kappa shape index (κ2) is 10.5. The zero-order valence-electron chi connectivity index (χ0n) is 21.0. The first-order valence-electron chi connectivity index (χ1n) is 12.7. The van der Waals surface area contributed by atoms with Gasteiger partial charge in [-0.15, -0.1) is 11.3 Å². The molecule has 0 aromatic carbocycles. The van der Waals surface area contributed by atoms with Crippen LogP contribution in [-0.2, 0) is 19.7 Å². The molecule has 2 aliphatic carbocycles. The fraction of sp³-hybridized carbons (Fsp3) is 0.704. The smallest absolute Gasteiger partial charge is 0.348 e. The standard InChI is InChI=1S/C27H39NO5S/c1-17-5-7-18(8-6-17)25(29)28(22-15-23(27(2,3)4)34-24(22)26(30)31)19-9-11-20(12-10-19)33-21-13-14-32-16-21/h5,15,18-21H,6-14,16H2,1-4H3,(H,30,31)/t18-,19-,20-,21?/m1/s1. The summed E-state index contributed by atoms with van der Waals surface area (Å²) in [5, 5.41) is 10.1. The first-order valence-corrected chi connectivity index (χ1v) is 13.5. The molecule has 3 aliphatic rings. The molecule has 2 heterocycles. The van der Waals surface area contributed by atoms with Crippen LogP contribution in [0.25, 0.3) is 0 Å². The molecular weight excluding hydrogens is 450 g/mol. The van der Waals surface area contributed by atoms with E-state index in [1.165, 1.54) is 16.9 Å². The maximum absolute atomic E-state index is 14.0. The lowest BCUT2D eigenvalue weighted by atomic mass is 9.86. The van der Waals surface area contributed by atoms with Gasteiger partial charge in [0.1, 0.15) is 4.88 Å². The maximum Gasteiger partial charge on any atom is 0.348 e. The van der Waals surface area contributed by atoms with Gasteiger partial charge in [0.25, 0.3) is 0 Å². The predicted octanol–water partition coefficient (Wildman–Crippen LogP) is 5.94. The molecule has 1 saturated carbocycles. The maximum atomic E-state index is 14.0. The molecular formula is C27H39NO5S. The Hall–Kier alpha value is -1.70. The van der Waals surface area contributed by atoms with Gasteiger partial charge in [0.05, 0.1) is 24.5 Å². The van der Waals surface area contributed by atoms with Gasteiger partial charge in [-0.25, -0.2) is 4.79 Å². The van der Waals surface area contributed by atoms with Gasteiger partial charge in [0.2, 0.25) is 5.91 Å². The summed E-state index contributed by atoms with van der Waals surface area (Å²) in [5.41, 5.74) is 1.75. The van der Waals surface area contributed by atoms with E-state index in [1.807, 2.05) is 11.0 Å². The fourth-order valence-electron chi connectivity index (χ4n) is 5.30. The Kier molecular flexibility index (Phi) is 7.85. The Balaban J connectivity index is 1.60. The number of hydrogen-bond donors (Lipinski definition) is 1. The minimum Gasteiger partial charge on any atom is -0.477 e. The summed E-state index contributed by atoms with van der Waals surface area (Å²) in [6, 6.07) is 1.97. The summed E-state index contributed by atoms with van der Waals surface area (Å²) in [5.74, 6) is -0.961. The molecule has 1 aromatic rings. The summed E-state index contributed by atoms with van der Waals surface area (Å²) in [4.78, 5) is 29.4. The topological polar surface area (TPSA) is 76.1 Å². The van der Waals surface area contributed by atoms with Crippen molar-refractivity contribution in [2.45, 2.75) is 103 Å². The van der Waals surface area contributed by atoms with Gasteiger partial charge in [0.15, 0.2) is 0 Å². The number of allylic oxidation sites excluding steroid dienone is 2. The van der Waals surface area contributed by atoms with Crippen molar-refractivity contribution in [3.05, 3.63) is 27.5 Å². The number of aromatic carboxylic acids is 1.